The lowest BCUT2D eigenvalue weighted by molar-refractivity contribution is -0.144. The van der Waals surface area contributed by atoms with Gasteiger partial charge in [0.2, 0.25) is 11.7 Å². The van der Waals surface area contributed by atoms with Gasteiger partial charge in [0.05, 0.1) is 19.3 Å². The summed E-state index contributed by atoms with van der Waals surface area (Å²) in [4.78, 5) is 27.9. The van der Waals surface area contributed by atoms with Crippen LogP contribution in [-0.2, 0) is 22.3 Å². The standard InChI is InChI=1S/C29H41F3N8O2/c1-6-26(41)37-11-9-36(10-12-37)23-18-39(21(23)4)25-16-24(34-28(35-25)29(30,31)32)38-8-7-22(15-20(38)3)27-19(2)17-33-40(27)13-14-42-5/h6,16-17,20-23H,1,7-15,18H2,2-5H3/t20-,21-,22+,23-/m1/s1. The maximum absolute atomic E-state index is 14.0. The fraction of sp³-hybridized carbons (Fsp3) is 0.655. The average molecular weight is 591 g/mol. The molecule has 4 atom stereocenters. The minimum absolute atomic E-state index is 0.0194. The number of methoxy groups -OCH3 is 1. The summed E-state index contributed by atoms with van der Waals surface area (Å²) in [5, 5.41) is 4.53. The summed E-state index contributed by atoms with van der Waals surface area (Å²) in [6, 6.07) is 1.86. The predicted molar refractivity (Wildman–Crippen MR) is 154 cm³/mol. The monoisotopic (exact) mass is 590 g/mol. The van der Waals surface area contributed by atoms with Crippen LogP contribution < -0.4 is 9.80 Å². The van der Waals surface area contributed by atoms with E-state index in [0.717, 1.165) is 31.5 Å². The second-order valence-electron chi connectivity index (χ2n) is 11.6. The molecule has 0 saturated carbocycles. The first-order valence-electron chi connectivity index (χ1n) is 14.7. The van der Waals surface area contributed by atoms with Crippen LogP contribution >= 0.6 is 0 Å². The largest absolute Gasteiger partial charge is 0.451 e. The number of nitrogens with zero attached hydrogens (tertiary/aromatic N) is 8. The fourth-order valence-electron chi connectivity index (χ4n) is 6.70. The van der Waals surface area contributed by atoms with Crippen molar-refractivity contribution in [1.29, 1.82) is 0 Å². The summed E-state index contributed by atoms with van der Waals surface area (Å²) >= 11 is 0. The maximum Gasteiger partial charge on any atom is 0.451 e. The Kier molecular flexibility index (Phi) is 8.79. The van der Waals surface area contributed by atoms with Crippen molar-refractivity contribution in [3.8, 4) is 0 Å². The van der Waals surface area contributed by atoms with Crippen molar-refractivity contribution in [3.05, 3.63) is 42.0 Å². The third kappa shape index (κ3) is 5.98. The van der Waals surface area contributed by atoms with Gasteiger partial charge in [0.25, 0.3) is 0 Å². The Bertz CT molecular complexity index is 1280. The number of hydrogen-bond donors (Lipinski definition) is 0. The lowest BCUT2D eigenvalue weighted by atomic mass is 9.87. The number of piperazine rings is 1. The third-order valence-electron chi connectivity index (χ3n) is 9.09. The van der Waals surface area contributed by atoms with Crippen LogP contribution in [0.3, 0.4) is 0 Å². The topological polar surface area (TPSA) is 82.9 Å². The Hall–Kier alpha value is -3.19. The summed E-state index contributed by atoms with van der Waals surface area (Å²) in [6.45, 7) is 14.7. The molecule has 1 amide bonds. The summed E-state index contributed by atoms with van der Waals surface area (Å²) < 4.78 is 49.2. The number of hydrogen-bond acceptors (Lipinski definition) is 8. The molecular weight excluding hydrogens is 549 g/mol. The first-order valence-corrected chi connectivity index (χ1v) is 14.7. The second-order valence-corrected chi connectivity index (χ2v) is 11.6. The van der Waals surface area contributed by atoms with E-state index in [1.54, 1.807) is 18.1 Å². The van der Waals surface area contributed by atoms with Crippen LogP contribution in [0.25, 0.3) is 0 Å². The van der Waals surface area contributed by atoms with Gasteiger partial charge in [-0.2, -0.15) is 18.3 Å². The Morgan fingerprint density at radius 1 is 1.12 bits per heavy atom. The van der Waals surface area contributed by atoms with E-state index in [0.29, 0.717) is 51.0 Å². The molecule has 42 heavy (non-hydrogen) atoms. The number of halogens is 3. The van der Waals surface area contributed by atoms with Crippen molar-refractivity contribution in [2.75, 3.05) is 62.8 Å². The minimum atomic E-state index is -4.65. The van der Waals surface area contributed by atoms with Gasteiger partial charge < -0.3 is 19.4 Å². The van der Waals surface area contributed by atoms with Gasteiger partial charge in [-0.15, -0.1) is 0 Å². The van der Waals surface area contributed by atoms with Crippen LogP contribution in [-0.4, -0.2) is 107 Å². The van der Waals surface area contributed by atoms with Gasteiger partial charge in [-0.1, -0.05) is 6.58 Å². The van der Waals surface area contributed by atoms with Gasteiger partial charge in [0.15, 0.2) is 0 Å². The lowest BCUT2D eigenvalue weighted by Gasteiger charge is -2.53. The highest BCUT2D eigenvalue weighted by molar-refractivity contribution is 5.87. The molecule has 0 bridgehead atoms. The quantitative estimate of drug-likeness (QED) is 0.434. The lowest BCUT2D eigenvalue weighted by Crippen LogP contribution is -2.68. The normalized spacial score (nSPS) is 25.5. The summed E-state index contributed by atoms with van der Waals surface area (Å²) in [5.41, 5.74) is 2.29. The zero-order valence-corrected chi connectivity index (χ0v) is 24.8. The Morgan fingerprint density at radius 2 is 1.81 bits per heavy atom. The van der Waals surface area contributed by atoms with Crippen LogP contribution in [0, 0.1) is 6.92 Å². The van der Waals surface area contributed by atoms with Gasteiger partial charge in [-0.3, -0.25) is 14.4 Å². The van der Waals surface area contributed by atoms with Gasteiger partial charge in [-0.25, -0.2) is 9.97 Å². The molecule has 0 N–H and O–H groups in total. The smallest absolute Gasteiger partial charge is 0.383 e. The first kappa shape index (κ1) is 30.3. The molecule has 3 fully saturated rings. The number of rotatable bonds is 8. The molecule has 3 aliphatic rings. The highest BCUT2D eigenvalue weighted by Crippen LogP contribution is 2.39. The minimum Gasteiger partial charge on any atom is -0.383 e. The van der Waals surface area contributed by atoms with E-state index in [1.165, 1.54) is 11.8 Å². The molecule has 3 saturated heterocycles. The maximum atomic E-state index is 14.0. The number of piperidine rings is 1. The highest BCUT2D eigenvalue weighted by atomic mass is 19.4. The SMILES string of the molecule is C=CC(=O)N1CCN([C@@H]2CN(c3cc(N4CC[C@H](c5c(C)cnn5CCOC)C[C@H]4C)nc(C(F)(F)F)n3)[C@@H]2C)CC1. The number of aromatic nitrogens is 4. The number of aryl methyl sites for hydroxylation is 1. The van der Waals surface area contributed by atoms with E-state index >= 15 is 0 Å². The van der Waals surface area contributed by atoms with Gasteiger partial charge in [0, 0.05) is 82.2 Å². The van der Waals surface area contributed by atoms with Crippen LogP contribution in [0.2, 0.25) is 0 Å². The fourth-order valence-corrected chi connectivity index (χ4v) is 6.70. The van der Waals surface area contributed by atoms with Crippen molar-refractivity contribution in [2.45, 2.75) is 70.4 Å². The Morgan fingerprint density at radius 3 is 2.40 bits per heavy atom. The highest BCUT2D eigenvalue weighted by Gasteiger charge is 2.43. The van der Waals surface area contributed by atoms with Crippen molar-refractivity contribution >= 4 is 17.5 Å². The van der Waals surface area contributed by atoms with E-state index < -0.39 is 12.0 Å². The van der Waals surface area contributed by atoms with Crippen molar-refractivity contribution in [3.63, 3.8) is 0 Å². The molecule has 0 aliphatic carbocycles. The molecule has 2 aromatic rings. The summed E-state index contributed by atoms with van der Waals surface area (Å²) in [5.74, 6) is -0.312. The van der Waals surface area contributed by atoms with Crippen LogP contribution in [0.1, 0.15) is 49.7 Å². The van der Waals surface area contributed by atoms with Crippen molar-refractivity contribution < 1.29 is 22.7 Å². The Balaban J connectivity index is 1.31. The number of carbonyl (C=O) groups excluding carboxylic acids is 1. The van der Waals surface area contributed by atoms with E-state index in [1.807, 2.05) is 34.5 Å². The zero-order chi connectivity index (χ0) is 30.2. The molecule has 230 valence electrons. The molecule has 5 heterocycles. The van der Waals surface area contributed by atoms with E-state index in [4.69, 9.17) is 4.74 Å². The predicted octanol–water partition coefficient (Wildman–Crippen LogP) is 3.33. The molecule has 5 rings (SSSR count). The van der Waals surface area contributed by atoms with Gasteiger partial charge >= 0.3 is 6.18 Å². The summed E-state index contributed by atoms with van der Waals surface area (Å²) in [7, 11) is 1.66. The Labute approximate surface area is 245 Å². The van der Waals surface area contributed by atoms with Crippen LogP contribution in [0.15, 0.2) is 24.9 Å². The molecule has 13 heteroatoms. The molecule has 10 nitrogen and oxygen atoms in total. The average Bonchev–Trinajstić information content (AvgIpc) is 3.34. The number of alkyl halides is 3. The van der Waals surface area contributed by atoms with E-state index in [2.05, 4.69) is 33.5 Å². The number of ether oxygens (including phenoxy) is 1. The molecule has 3 aliphatic heterocycles. The van der Waals surface area contributed by atoms with E-state index in [9.17, 15) is 18.0 Å². The van der Waals surface area contributed by atoms with E-state index in [-0.39, 0.29) is 30.0 Å². The summed E-state index contributed by atoms with van der Waals surface area (Å²) in [6.07, 6.45) is 0.113. The van der Waals surface area contributed by atoms with Gasteiger partial charge in [0.1, 0.15) is 11.6 Å². The van der Waals surface area contributed by atoms with Crippen molar-refractivity contribution in [2.24, 2.45) is 0 Å². The van der Waals surface area contributed by atoms with Crippen LogP contribution in [0.5, 0.6) is 0 Å². The zero-order valence-electron chi connectivity index (χ0n) is 24.8. The third-order valence-corrected chi connectivity index (χ3v) is 9.09. The number of carbonyl (C=O) groups is 1. The molecule has 0 spiro atoms. The number of amides is 1. The number of anilines is 2. The molecule has 2 aromatic heterocycles. The molecule has 0 aromatic carbocycles. The van der Waals surface area contributed by atoms with Crippen molar-refractivity contribution in [1.82, 2.24) is 29.5 Å². The molecule has 0 unspecified atom stereocenters. The van der Waals surface area contributed by atoms with Gasteiger partial charge in [-0.05, 0) is 45.3 Å². The first-order chi connectivity index (χ1) is 20.0. The molecular formula is C29H41F3N8O2. The van der Waals surface area contributed by atoms with Crippen LogP contribution in [0.4, 0.5) is 24.8 Å². The second kappa shape index (κ2) is 12.2. The molecule has 0 radical (unpaired) electrons.